The molecule has 0 heterocycles. The highest BCUT2D eigenvalue weighted by atomic mass is 127. The van der Waals surface area contributed by atoms with Crippen molar-refractivity contribution in [2.24, 2.45) is 5.10 Å². The minimum absolute atomic E-state index is 0.134. The lowest BCUT2D eigenvalue weighted by Crippen LogP contribution is -2.17. The highest BCUT2D eigenvalue weighted by Gasteiger charge is 2.12. The summed E-state index contributed by atoms with van der Waals surface area (Å²) in [5, 5.41) is 4.05. The van der Waals surface area contributed by atoms with Gasteiger partial charge in [-0.2, -0.15) is 5.10 Å². The van der Waals surface area contributed by atoms with E-state index in [2.05, 4.69) is 39.0 Å². The number of methoxy groups -OCH3 is 2. The minimum Gasteiger partial charge on any atom is -0.493 e. The summed E-state index contributed by atoms with van der Waals surface area (Å²) in [4.78, 5) is 12.6. The first-order valence-electron chi connectivity index (χ1n) is 10.2. The average Bonchev–Trinajstić information content (AvgIpc) is 2.87. The van der Waals surface area contributed by atoms with Gasteiger partial charge in [0.1, 0.15) is 13.2 Å². The summed E-state index contributed by atoms with van der Waals surface area (Å²) in [5.41, 5.74) is 4.65. The molecule has 0 bridgehead atoms. The summed E-state index contributed by atoms with van der Waals surface area (Å²) in [6.07, 6.45) is 6.78. The summed E-state index contributed by atoms with van der Waals surface area (Å²) in [5.74, 6) is 4.11. The Hall–Kier alpha value is -3.71. The molecule has 1 N–H and O–H groups in total. The second-order valence-electron chi connectivity index (χ2n) is 6.87. The lowest BCUT2D eigenvalue weighted by molar-refractivity contribution is 0.0954. The summed E-state index contributed by atoms with van der Waals surface area (Å²) in [6, 6.07) is 18.3. The third-order valence-electron chi connectivity index (χ3n) is 4.59. The Morgan fingerprint density at radius 1 is 1.03 bits per heavy atom. The number of rotatable bonds is 10. The molecule has 0 unspecified atom stereocenters. The zero-order valence-electron chi connectivity index (χ0n) is 18.7. The van der Waals surface area contributed by atoms with E-state index in [4.69, 9.17) is 25.4 Å². The SMILES string of the molecule is C#CCOc1c(I)cc(/C=N/NC(=O)c2ccc(OCc3ccccc3)c(OC)c2)cc1OC. The Labute approximate surface area is 212 Å². The van der Waals surface area contributed by atoms with Crippen LogP contribution in [-0.4, -0.2) is 32.9 Å². The molecule has 34 heavy (non-hydrogen) atoms. The van der Waals surface area contributed by atoms with Gasteiger partial charge in [-0.15, -0.1) is 6.42 Å². The molecule has 3 aromatic carbocycles. The van der Waals surface area contributed by atoms with E-state index >= 15 is 0 Å². The Morgan fingerprint density at radius 3 is 2.50 bits per heavy atom. The number of terminal acetylenes is 1. The Kier molecular flexibility index (Phi) is 9.17. The van der Waals surface area contributed by atoms with E-state index in [1.807, 2.05) is 36.4 Å². The number of benzene rings is 3. The maximum absolute atomic E-state index is 12.6. The smallest absolute Gasteiger partial charge is 0.271 e. The van der Waals surface area contributed by atoms with Crippen LogP contribution in [0.15, 0.2) is 65.8 Å². The second kappa shape index (κ2) is 12.5. The lowest BCUT2D eigenvalue weighted by Gasteiger charge is -2.12. The summed E-state index contributed by atoms with van der Waals surface area (Å²) in [7, 11) is 3.06. The fourth-order valence-corrected chi connectivity index (χ4v) is 3.74. The highest BCUT2D eigenvalue weighted by molar-refractivity contribution is 14.1. The van der Waals surface area contributed by atoms with Gasteiger partial charge in [0.05, 0.1) is 24.0 Å². The normalized spacial score (nSPS) is 10.4. The highest BCUT2D eigenvalue weighted by Crippen LogP contribution is 2.33. The third kappa shape index (κ3) is 6.65. The molecule has 0 saturated heterocycles. The van der Waals surface area contributed by atoms with Gasteiger partial charge in [-0.05, 0) is 64.0 Å². The van der Waals surface area contributed by atoms with Crippen LogP contribution in [0.5, 0.6) is 23.0 Å². The van der Waals surface area contributed by atoms with Gasteiger partial charge in [0, 0.05) is 5.56 Å². The molecule has 3 aromatic rings. The van der Waals surface area contributed by atoms with Crippen LogP contribution in [0.4, 0.5) is 0 Å². The third-order valence-corrected chi connectivity index (χ3v) is 5.40. The number of carbonyl (C=O) groups excluding carboxylic acids is 1. The predicted molar refractivity (Wildman–Crippen MR) is 139 cm³/mol. The number of hydrogen-bond acceptors (Lipinski definition) is 6. The van der Waals surface area contributed by atoms with Crippen molar-refractivity contribution in [1.29, 1.82) is 0 Å². The first-order chi connectivity index (χ1) is 16.5. The Morgan fingerprint density at radius 2 is 1.79 bits per heavy atom. The molecule has 0 aliphatic rings. The summed E-state index contributed by atoms with van der Waals surface area (Å²) < 4.78 is 22.9. The number of nitrogens with one attached hydrogen (secondary N) is 1. The van der Waals surface area contributed by atoms with E-state index in [0.717, 1.165) is 14.7 Å². The van der Waals surface area contributed by atoms with Crippen molar-refractivity contribution in [3.8, 4) is 35.3 Å². The van der Waals surface area contributed by atoms with E-state index < -0.39 is 0 Å². The average molecular weight is 570 g/mol. The van der Waals surface area contributed by atoms with E-state index in [1.165, 1.54) is 20.4 Å². The number of ether oxygens (including phenoxy) is 4. The van der Waals surface area contributed by atoms with Crippen LogP contribution in [0.25, 0.3) is 0 Å². The van der Waals surface area contributed by atoms with Gasteiger partial charge >= 0.3 is 0 Å². The second-order valence-corrected chi connectivity index (χ2v) is 8.03. The van der Waals surface area contributed by atoms with Gasteiger partial charge in [0.15, 0.2) is 23.0 Å². The number of hydrazone groups is 1. The van der Waals surface area contributed by atoms with Crippen molar-refractivity contribution in [3.63, 3.8) is 0 Å². The number of carbonyl (C=O) groups is 1. The largest absolute Gasteiger partial charge is 0.493 e. The number of amides is 1. The summed E-state index contributed by atoms with van der Waals surface area (Å²) in [6.45, 7) is 0.525. The van der Waals surface area contributed by atoms with Crippen LogP contribution >= 0.6 is 22.6 Å². The molecule has 0 atom stereocenters. The van der Waals surface area contributed by atoms with Crippen molar-refractivity contribution >= 4 is 34.7 Å². The minimum atomic E-state index is -0.389. The zero-order chi connectivity index (χ0) is 24.3. The maximum atomic E-state index is 12.6. The van der Waals surface area contributed by atoms with Crippen molar-refractivity contribution < 1.29 is 23.7 Å². The van der Waals surface area contributed by atoms with Gasteiger partial charge in [-0.1, -0.05) is 36.3 Å². The number of nitrogens with zero attached hydrogens (tertiary/aromatic N) is 1. The molecule has 0 aromatic heterocycles. The lowest BCUT2D eigenvalue weighted by atomic mass is 10.2. The molecule has 0 aliphatic carbocycles. The molecule has 7 nitrogen and oxygen atoms in total. The molecule has 1 amide bonds. The molecule has 3 rings (SSSR count). The molecule has 0 radical (unpaired) electrons. The fraction of sp³-hybridized carbons (Fsp3) is 0.154. The number of halogens is 1. The fourth-order valence-electron chi connectivity index (χ4n) is 2.96. The van der Waals surface area contributed by atoms with Crippen molar-refractivity contribution in [2.45, 2.75) is 6.61 Å². The van der Waals surface area contributed by atoms with Crippen LogP contribution in [0, 0.1) is 15.9 Å². The van der Waals surface area contributed by atoms with E-state index in [0.29, 0.717) is 35.2 Å². The standard InChI is InChI=1S/C26H23IN2O5/c1-4-12-33-25-21(27)13-19(14-24(25)32-3)16-28-29-26(30)20-10-11-22(23(15-20)31-2)34-17-18-8-6-5-7-9-18/h1,5-11,13-16H,12,17H2,2-3H3,(H,29,30)/b28-16+. The Bertz CT molecular complexity index is 1210. The van der Waals surface area contributed by atoms with Gasteiger partial charge in [0.2, 0.25) is 0 Å². The first-order valence-corrected chi connectivity index (χ1v) is 11.3. The van der Waals surface area contributed by atoms with Crippen LogP contribution < -0.4 is 24.4 Å². The first kappa shape index (κ1) is 24.9. The summed E-state index contributed by atoms with van der Waals surface area (Å²) >= 11 is 2.12. The molecular formula is C26H23IN2O5. The van der Waals surface area contributed by atoms with E-state index in [1.54, 1.807) is 24.3 Å². The van der Waals surface area contributed by atoms with Crippen molar-refractivity contribution in [3.05, 3.63) is 80.9 Å². The molecule has 0 saturated carbocycles. The quantitative estimate of drug-likeness (QED) is 0.166. The van der Waals surface area contributed by atoms with Gasteiger partial charge in [-0.25, -0.2) is 5.43 Å². The molecule has 0 fully saturated rings. The number of hydrogen-bond donors (Lipinski definition) is 1. The maximum Gasteiger partial charge on any atom is 0.271 e. The molecule has 0 aliphatic heterocycles. The predicted octanol–water partition coefficient (Wildman–Crippen LogP) is 4.66. The van der Waals surface area contributed by atoms with Gasteiger partial charge in [-0.3, -0.25) is 4.79 Å². The van der Waals surface area contributed by atoms with Crippen molar-refractivity contribution in [1.82, 2.24) is 5.43 Å². The van der Waals surface area contributed by atoms with Gasteiger partial charge in [0.25, 0.3) is 5.91 Å². The van der Waals surface area contributed by atoms with Crippen LogP contribution in [0.3, 0.4) is 0 Å². The monoisotopic (exact) mass is 570 g/mol. The van der Waals surface area contributed by atoms with Crippen LogP contribution in [-0.2, 0) is 6.61 Å². The molecular weight excluding hydrogens is 547 g/mol. The Balaban J connectivity index is 1.66. The molecule has 8 heteroatoms. The molecule has 174 valence electrons. The zero-order valence-corrected chi connectivity index (χ0v) is 20.9. The van der Waals surface area contributed by atoms with Gasteiger partial charge < -0.3 is 18.9 Å². The van der Waals surface area contributed by atoms with Crippen molar-refractivity contribution in [2.75, 3.05) is 20.8 Å². The van der Waals surface area contributed by atoms with Crippen LogP contribution in [0.1, 0.15) is 21.5 Å². The van der Waals surface area contributed by atoms with Crippen LogP contribution in [0.2, 0.25) is 0 Å². The van der Waals surface area contributed by atoms with E-state index in [9.17, 15) is 4.79 Å². The topological polar surface area (TPSA) is 78.4 Å². The molecule has 0 spiro atoms. The van der Waals surface area contributed by atoms with E-state index in [-0.39, 0.29) is 12.5 Å².